The largest absolute Gasteiger partial charge is 0.416 e. The highest BCUT2D eigenvalue weighted by molar-refractivity contribution is 6.30. The summed E-state index contributed by atoms with van der Waals surface area (Å²) in [5.41, 5.74) is 0.515. The summed E-state index contributed by atoms with van der Waals surface area (Å²) in [5, 5.41) is 12.5. The first-order valence-electron chi connectivity index (χ1n) is 12.5. The predicted molar refractivity (Wildman–Crippen MR) is 137 cm³/mol. The lowest BCUT2D eigenvalue weighted by Gasteiger charge is -2.36. The number of piperidine rings is 1. The number of hydrogen-bond acceptors (Lipinski definition) is 6. The number of likely N-dealkylation sites (tertiary alicyclic amines) is 1. The number of piperazine rings is 1. The van der Waals surface area contributed by atoms with Crippen LogP contribution in [0.5, 0.6) is 0 Å². The number of benzene rings is 1. The molecular formula is C26H30ClF3N6O. The van der Waals surface area contributed by atoms with E-state index < -0.39 is 11.7 Å². The van der Waals surface area contributed by atoms with E-state index in [2.05, 4.69) is 20.1 Å². The van der Waals surface area contributed by atoms with Crippen LogP contribution in [-0.4, -0.2) is 72.5 Å². The minimum Gasteiger partial charge on any atom is -0.369 e. The summed E-state index contributed by atoms with van der Waals surface area (Å²) >= 11 is 6.00. The molecule has 2 aliphatic heterocycles. The van der Waals surface area contributed by atoms with Crippen LogP contribution in [-0.2, 0) is 11.0 Å². The number of carbonyl (C=O) groups is 1. The number of nitrogens with zero attached hydrogens (tertiary/aromatic N) is 5. The molecule has 198 valence electrons. The van der Waals surface area contributed by atoms with Crippen LogP contribution in [0, 0.1) is 11.3 Å². The van der Waals surface area contributed by atoms with Gasteiger partial charge in [0, 0.05) is 57.4 Å². The van der Waals surface area contributed by atoms with E-state index in [1.54, 1.807) is 12.1 Å². The average Bonchev–Trinajstić information content (AvgIpc) is 2.89. The second-order valence-corrected chi connectivity index (χ2v) is 9.78. The Labute approximate surface area is 219 Å². The quantitative estimate of drug-likeness (QED) is 0.522. The molecule has 4 rings (SSSR count). The standard InChI is InChI=1S/C26H30ClF3N6O/c27-25-19(18-31)3-8-23(33-25)32-21-9-12-36(13-10-21)24(37)2-1-11-34-14-16-35(17-15-34)22-6-4-20(5-7-22)26(28,29)30/h3-8,21H,1-2,9-17H2,(H,32,33). The van der Waals surface area contributed by atoms with Gasteiger partial charge in [0.25, 0.3) is 0 Å². The Kier molecular flexibility index (Phi) is 8.77. The molecule has 1 N–H and O–H groups in total. The summed E-state index contributed by atoms with van der Waals surface area (Å²) < 4.78 is 38.3. The molecule has 1 amide bonds. The van der Waals surface area contributed by atoms with Crippen LogP contribution in [0.1, 0.15) is 36.8 Å². The van der Waals surface area contributed by atoms with Crippen LogP contribution in [0.2, 0.25) is 5.15 Å². The van der Waals surface area contributed by atoms with Gasteiger partial charge in [0.15, 0.2) is 0 Å². The molecule has 0 bridgehead atoms. The van der Waals surface area contributed by atoms with Crippen LogP contribution in [0.15, 0.2) is 36.4 Å². The second kappa shape index (κ2) is 12.0. The third kappa shape index (κ3) is 7.27. The van der Waals surface area contributed by atoms with E-state index in [1.807, 2.05) is 11.0 Å². The van der Waals surface area contributed by atoms with E-state index in [4.69, 9.17) is 16.9 Å². The van der Waals surface area contributed by atoms with E-state index in [-0.39, 0.29) is 17.1 Å². The fourth-order valence-corrected chi connectivity index (χ4v) is 4.98. The predicted octanol–water partition coefficient (Wildman–Crippen LogP) is 4.63. The Balaban J connectivity index is 1.13. The summed E-state index contributed by atoms with van der Waals surface area (Å²) in [6, 6.07) is 10.9. The van der Waals surface area contributed by atoms with E-state index in [0.29, 0.717) is 30.9 Å². The molecule has 0 unspecified atom stereocenters. The number of hydrogen-bond donors (Lipinski definition) is 1. The molecule has 2 fully saturated rings. The molecule has 37 heavy (non-hydrogen) atoms. The van der Waals surface area contributed by atoms with Crippen molar-refractivity contribution in [3.05, 3.63) is 52.7 Å². The van der Waals surface area contributed by atoms with Gasteiger partial charge in [0.1, 0.15) is 17.0 Å². The molecule has 1 aromatic carbocycles. The molecular weight excluding hydrogens is 505 g/mol. The van der Waals surface area contributed by atoms with Crippen molar-refractivity contribution in [1.82, 2.24) is 14.8 Å². The topological polar surface area (TPSA) is 75.5 Å². The molecule has 1 aromatic heterocycles. The summed E-state index contributed by atoms with van der Waals surface area (Å²) in [7, 11) is 0. The van der Waals surface area contributed by atoms with Crippen molar-refractivity contribution < 1.29 is 18.0 Å². The zero-order chi connectivity index (χ0) is 26.4. The third-order valence-corrected chi connectivity index (χ3v) is 7.25. The number of aromatic nitrogens is 1. The molecule has 7 nitrogen and oxygen atoms in total. The summed E-state index contributed by atoms with van der Waals surface area (Å²) in [5.74, 6) is 0.800. The number of halogens is 4. The number of amides is 1. The van der Waals surface area contributed by atoms with Crippen molar-refractivity contribution in [2.75, 3.05) is 56.0 Å². The first kappa shape index (κ1) is 27.0. The van der Waals surface area contributed by atoms with Crippen LogP contribution in [0.3, 0.4) is 0 Å². The van der Waals surface area contributed by atoms with Crippen LogP contribution in [0.4, 0.5) is 24.7 Å². The van der Waals surface area contributed by atoms with Crippen LogP contribution >= 0.6 is 11.6 Å². The maximum atomic E-state index is 12.8. The lowest BCUT2D eigenvalue weighted by Crippen LogP contribution is -2.47. The fourth-order valence-electron chi connectivity index (χ4n) is 4.78. The van der Waals surface area contributed by atoms with Crippen molar-refractivity contribution >= 4 is 29.0 Å². The van der Waals surface area contributed by atoms with Crippen molar-refractivity contribution in [2.45, 2.75) is 37.9 Å². The van der Waals surface area contributed by atoms with Gasteiger partial charge < -0.3 is 15.1 Å². The summed E-state index contributed by atoms with van der Waals surface area (Å²) in [4.78, 5) is 23.2. The molecule has 0 radical (unpaired) electrons. The monoisotopic (exact) mass is 534 g/mol. The van der Waals surface area contributed by atoms with Gasteiger partial charge >= 0.3 is 6.18 Å². The highest BCUT2D eigenvalue weighted by Crippen LogP contribution is 2.30. The summed E-state index contributed by atoms with van der Waals surface area (Å²) in [6.07, 6.45) is -1.40. The zero-order valence-corrected chi connectivity index (χ0v) is 21.2. The maximum Gasteiger partial charge on any atom is 0.416 e. The van der Waals surface area contributed by atoms with Gasteiger partial charge in [-0.05, 0) is 62.2 Å². The molecule has 3 heterocycles. The van der Waals surface area contributed by atoms with Gasteiger partial charge in [-0.3, -0.25) is 9.69 Å². The maximum absolute atomic E-state index is 12.8. The number of rotatable bonds is 7. The Morgan fingerprint density at radius 1 is 1.05 bits per heavy atom. The van der Waals surface area contributed by atoms with Crippen molar-refractivity contribution in [3.63, 3.8) is 0 Å². The Hall–Kier alpha value is -3.03. The zero-order valence-electron chi connectivity index (χ0n) is 20.5. The minimum atomic E-state index is -4.32. The second-order valence-electron chi connectivity index (χ2n) is 9.42. The molecule has 11 heteroatoms. The first-order chi connectivity index (χ1) is 17.7. The first-order valence-corrected chi connectivity index (χ1v) is 12.9. The van der Waals surface area contributed by atoms with E-state index in [0.717, 1.165) is 69.8 Å². The molecule has 2 aromatic rings. The average molecular weight is 535 g/mol. The summed E-state index contributed by atoms with van der Waals surface area (Å²) in [6.45, 7) is 5.34. The van der Waals surface area contributed by atoms with Crippen LogP contribution in [0.25, 0.3) is 0 Å². The highest BCUT2D eigenvalue weighted by Gasteiger charge is 2.30. The molecule has 0 aliphatic carbocycles. The van der Waals surface area contributed by atoms with Crippen molar-refractivity contribution in [1.29, 1.82) is 5.26 Å². The van der Waals surface area contributed by atoms with E-state index in [1.165, 1.54) is 12.1 Å². The molecule has 2 aliphatic rings. The van der Waals surface area contributed by atoms with E-state index >= 15 is 0 Å². The van der Waals surface area contributed by atoms with E-state index in [9.17, 15) is 18.0 Å². The molecule has 0 spiro atoms. The van der Waals surface area contributed by atoms with Crippen LogP contribution < -0.4 is 10.2 Å². The number of pyridine rings is 1. The van der Waals surface area contributed by atoms with Gasteiger partial charge in [-0.2, -0.15) is 18.4 Å². The Bertz CT molecular complexity index is 1100. The van der Waals surface area contributed by atoms with Crippen molar-refractivity contribution in [2.24, 2.45) is 0 Å². The number of nitriles is 1. The van der Waals surface area contributed by atoms with Gasteiger partial charge in [0.2, 0.25) is 5.91 Å². The van der Waals surface area contributed by atoms with Gasteiger partial charge in [-0.1, -0.05) is 11.6 Å². The van der Waals surface area contributed by atoms with Gasteiger partial charge in [-0.15, -0.1) is 0 Å². The highest BCUT2D eigenvalue weighted by atomic mass is 35.5. The number of carbonyl (C=O) groups excluding carboxylic acids is 1. The molecule has 0 saturated carbocycles. The number of nitrogens with one attached hydrogen (secondary N) is 1. The Morgan fingerprint density at radius 3 is 2.32 bits per heavy atom. The normalized spacial score (nSPS) is 17.5. The lowest BCUT2D eigenvalue weighted by molar-refractivity contribution is -0.137. The fraction of sp³-hybridized carbons (Fsp3) is 0.500. The lowest BCUT2D eigenvalue weighted by atomic mass is 10.0. The minimum absolute atomic E-state index is 0.168. The molecule has 0 atom stereocenters. The number of anilines is 2. The Morgan fingerprint density at radius 2 is 1.73 bits per heavy atom. The van der Waals surface area contributed by atoms with Gasteiger partial charge in [0.05, 0.1) is 11.1 Å². The number of alkyl halides is 3. The smallest absolute Gasteiger partial charge is 0.369 e. The molecule has 2 saturated heterocycles. The SMILES string of the molecule is N#Cc1ccc(NC2CCN(C(=O)CCCN3CCN(c4ccc(C(F)(F)F)cc4)CC3)CC2)nc1Cl. The third-order valence-electron chi connectivity index (χ3n) is 6.97. The van der Waals surface area contributed by atoms with Crippen molar-refractivity contribution in [3.8, 4) is 6.07 Å². The van der Waals surface area contributed by atoms with Gasteiger partial charge in [-0.25, -0.2) is 4.98 Å².